The maximum atomic E-state index is 4.52. The van der Waals surface area contributed by atoms with Gasteiger partial charge in [0.05, 0.1) is 6.54 Å². The second-order valence-electron chi connectivity index (χ2n) is 6.74. The summed E-state index contributed by atoms with van der Waals surface area (Å²) in [5.41, 5.74) is 4.21. The first-order valence-electron chi connectivity index (χ1n) is 10.1. The molecule has 0 aliphatic heterocycles. The number of benzene rings is 2. The highest BCUT2D eigenvalue weighted by Crippen LogP contribution is 2.24. The third kappa shape index (κ3) is 4.85. The van der Waals surface area contributed by atoms with Gasteiger partial charge in [0, 0.05) is 18.4 Å². The lowest BCUT2D eigenvalue weighted by atomic mass is 10.0. The van der Waals surface area contributed by atoms with E-state index in [9.17, 15) is 0 Å². The Balaban J connectivity index is 1.57. The lowest BCUT2D eigenvalue weighted by molar-refractivity contribution is 0.674. The average Bonchev–Trinajstić information content (AvgIpc) is 3.47. The minimum atomic E-state index is 0.511. The standard InChI is InChI=1S/C24H21N7/c1-3-5-10-22-25-23(11-6-4-2)31(28-22)17-18-12-14-19(15-13-18)20-8-7-9-21(16-20)24-26-29-30-27-24/h7-9,12-16H,3-4,17H2,1-2H3,(H,26,27,29,30). The van der Waals surface area contributed by atoms with Gasteiger partial charge in [0.2, 0.25) is 17.5 Å². The third-order valence-electron chi connectivity index (χ3n) is 4.51. The van der Waals surface area contributed by atoms with Crippen LogP contribution in [0.15, 0.2) is 48.5 Å². The highest BCUT2D eigenvalue weighted by molar-refractivity contribution is 5.70. The van der Waals surface area contributed by atoms with Gasteiger partial charge in [-0.25, -0.2) is 4.68 Å². The summed E-state index contributed by atoms with van der Waals surface area (Å²) in [5.74, 6) is 13.9. The van der Waals surface area contributed by atoms with Gasteiger partial charge in [-0.05, 0) is 39.8 Å². The smallest absolute Gasteiger partial charge is 0.226 e. The number of tetrazole rings is 1. The van der Waals surface area contributed by atoms with Crippen molar-refractivity contribution in [3.63, 3.8) is 0 Å². The van der Waals surface area contributed by atoms with Gasteiger partial charge < -0.3 is 0 Å². The van der Waals surface area contributed by atoms with Crippen molar-refractivity contribution >= 4 is 0 Å². The molecule has 4 rings (SSSR count). The molecule has 0 saturated heterocycles. The van der Waals surface area contributed by atoms with Gasteiger partial charge >= 0.3 is 0 Å². The first-order chi connectivity index (χ1) is 15.3. The number of hydrogen-bond acceptors (Lipinski definition) is 5. The third-order valence-corrected chi connectivity index (χ3v) is 4.51. The molecule has 0 unspecified atom stereocenters. The molecule has 0 fully saturated rings. The molecule has 7 nitrogen and oxygen atoms in total. The van der Waals surface area contributed by atoms with Crippen molar-refractivity contribution in [2.45, 2.75) is 33.2 Å². The molecule has 0 spiro atoms. The van der Waals surface area contributed by atoms with Crippen LogP contribution in [0.1, 0.15) is 43.9 Å². The van der Waals surface area contributed by atoms with Crippen LogP contribution in [0.25, 0.3) is 22.5 Å². The molecule has 4 aromatic rings. The quantitative estimate of drug-likeness (QED) is 0.522. The van der Waals surface area contributed by atoms with Crippen molar-refractivity contribution in [1.29, 1.82) is 0 Å². The number of aromatic amines is 1. The second-order valence-corrected chi connectivity index (χ2v) is 6.74. The van der Waals surface area contributed by atoms with Crippen LogP contribution >= 0.6 is 0 Å². The predicted molar refractivity (Wildman–Crippen MR) is 119 cm³/mol. The summed E-state index contributed by atoms with van der Waals surface area (Å²) < 4.78 is 1.81. The fourth-order valence-electron chi connectivity index (χ4n) is 3.03. The molecule has 0 bridgehead atoms. The monoisotopic (exact) mass is 407 g/mol. The Bertz CT molecular complexity index is 1280. The molecule has 1 N–H and O–H groups in total. The number of H-pyrrole nitrogens is 1. The Hall–Kier alpha value is -4.23. The lowest BCUT2D eigenvalue weighted by Gasteiger charge is -2.06. The summed E-state index contributed by atoms with van der Waals surface area (Å²) in [5, 5.41) is 18.7. The summed E-state index contributed by atoms with van der Waals surface area (Å²) in [4.78, 5) is 4.47. The Morgan fingerprint density at radius 2 is 1.68 bits per heavy atom. The molecule has 0 atom stereocenters. The minimum absolute atomic E-state index is 0.511. The molecule has 0 aliphatic carbocycles. The molecule has 31 heavy (non-hydrogen) atoms. The maximum Gasteiger partial charge on any atom is 0.226 e. The van der Waals surface area contributed by atoms with E-state index in [0.717, 1.165) is 35.1 Å². The topological polar surface area (TPSA) is 85.2 Å². The molecule has 0 radical (unpaired) electrons. The fourth-order valence-corrected chi connectivity index (χ4v) is 3.03. The fraction of sp³-hybridized carbons (Fsp3) is 0.208. The zero-order valence-corrected chi connectivity index (χ0v) is 17.4. The van der Waals surface area contributed by atoms with Gasteiger partial charge in [-0.1, -0.05) is 68.2 Å². The van der Waals surface area contributed by atoms with E-state index < -0.39 is 0 Å². The molecular formula is C24H21N7. The number of nitrogens with zero attached hydrogens (tertiary/aromatic N) is 6. The summed E-state index contributed by atoms with van der Waals surface area (Å²) in [7, 11) is 0. The van der Waals surface area contributed by atoms with Gasteiger partial charge in [-0.2, -0.15) is 10.2 Å². The van der Waals surface area contributed by atoms with Crippen LogP contribution in [-0.2, 0) is 6.54 Å². The van der Waals surface area contributed by atoms with Crippen molar-refractivity contribution in [1.82, 2.24) is 35.4 Å². The molecule has 152 valence electrons. The van der Waals surface area contributed by atoms with E-state index in [0.29, 0.717) is 24.0 Å². The summed E-state index contributed by atoms with van der Waals surface area (Å²) in [6, 6.07) is 16.4. The van der Waals surface area contributed by atoms with Crippen molar-refractivity contribution in [3.8, 4) is 46.2 Å². The Kier molecular flexibility index (Phi) is 6.16. The van der Waals surface area contributed by atoms with E-state index in [1.54, 1.807) is 0 Å². The molecule has 2 aromatic carbocycles. The first-order valence-corrected chi connectivity index (χ1v) is 10.1. The number of hydrogen-bond donors (Lipinski definition) is 1. The Labute approximate surface area is 180 Å². The van der Waals surface area contributed by atoms with E-state index in [1.165, 1.54) is 0 Å². The van der Waals surface area contributed by atoms with E-state index in [4.69, 9.17) is 0 Å². The van der Waals surface area contributed by atoms with E-state index in [-0.39, 0.29) is 0 Å². The Morgan fingerprint density at radius 3 is 2.42 bits per heavy atom. The van der Waals surface area contributed by atoms with Crippen molar-refractivity contribution in [2.75, 3.05) is 0 Å². The zero-order chi connectivity index (χ0) is 21.5. The second kappa shape index (κ2) is 9.51. The van der Waals surface area contributed by atoms with Crippen LogP contribution in [0.5, 0.6) is 0 Å². The van der Waals surface area contributed by atoms with Gasteiger partial charge in [-0.3, -0.25) is 0 Å². The van der Waals surface area contributed by atoms with Gasteiger partial charge in [0.25, 0.3) is 0 Å². The normalized spacial score (nSPS) is 10.1. The highest BCUT2D eigenvalue weighted by Gasteiger charge is 2.09. The maximum absolute atomic E-state index is 4.52. The number of nitrogens with one attached hydrogen (secondary N) is 1. The zero-order valence-electron chi connectivity index (χ0n) is 17.4. The molecular weight excluding hydrogens is 386 g/mol. The van der Waals surface area contributed by atoms with Gasteiger partial charge in [0.1, 0.15) is 0 Å². The first kappa shape index (κ1) is 20.1. The highest BCUT2D eigenvalue weighted by atomic mass is 15.5. The van der Waals surface area contributed by atoms with Crippen LogP contribution in [-0.4, -0.2) is 35.4 Å². The lowest BCUT2D eigenvalue weighted by Crippen LogP contribution is -2.05. The molecule has 0 aliphatic rings. The minimum Gasteiger partial charge on any atom is -0.233 e. The Morgan fingerprint density at radius 1 is 0.903 bits per heavy atom. The summed E-state index contributed by atoms with van der Waals surface area (Å²) in [6.45, 7) is 4.59. The molecule has 7 heteroatoms. The van der Waals surface area contributed by atoms with Crippen molar-refractivity contribution < 1.29 is 0 Å². The molecule has 2 aromatic heterocycles. The van der Waals surface area contributed by atoms with Crippen LogP contribution in [0.2, 0.25) is 0 Å². The summed E-state index contributed by atoms with van der Waals surface area (Å²) in [6.07, 6.45) is 1.53. The molecule has 2 heterocycles. The van der Waals surface area contributed by atoms with Crippen molar-refractivity contribution in [2.24, 2.45) is 0 Å². The van der Waals surface area contributed by atoms with E-state index in [1.807, 2.05) is 30.7 Å². The van der Waals surface area contributed by atoms with E-state index >= 15 is 0 Å². The summed E-state index contributed by atoms with van der Waals surface area (Å²) >= 11 is 0. The average molecular weight is 407 g/mol. The number of aromatic nitrogens is 7. The SMILES string of the molecule is CCC#Cc1nc(C#CCC)n(Cc2ccc(-c3cccc(-c4nn[nH]n4)c3)cc2)n1. The van der Waals surface area contributed by atoms with Crippen LogP contribution < -0.4 is 0 Å². The number of rotatable bonds is 4. The van der Waals surface area contributed by atoms with Gasteiger partial charge in [-0.15, -0.1) is 15.3 Å². The predicted octanol–water partition coefficient (Wildman–Crippen LogP) is 3.70. The molecule has 0 saturated carbocycles. The van der Waals surface area contributed by atoms with Crippen LogP contribution in [0.4, 0.5) is 0 Å². The largest absolute Gasteiger partial charge is 0.233 e. The molecule has 0 amide bonds. The van der Waals surface area contributed by atoms with Crippen LogP contribution in [0, 0.1) is 23.7 Å². The van der Waals surface area contributed by atoms with Crippen molar-refractivity contribution in [3.05, 3.63) is 65.7 Å². The van der Waals surface area contributed by atoms with Crippen LogP contribution in [0.3, 0.4) is 0 Å². The van der Waals surface area contributed by atoms with E-state index in [2.05, 4.69) is 90.8 Å². The van der Waals surface area contributed by atoms with Gasteiger partial charge in [0.15, 0.2) is 0 Å².